The van der Waals surface area contributed by atoms with Gasteiger partial charge in [0.25, 0.3) is 0 Å². The molecule has 3 nitrogen and oxygen atoms in total. The maximum atomic E-state index is 13.2. The van der Waals surface area contributed by atoms with Gasteiger partial charge in [-0.2, -0.15) is 13.2 Å². The van der Waals surface area contributed by atoms with Gasteiger partial charge in [-0.25, -0.2) is 4.98 Å². The average Bonchev–Trinajstić information content (AvgIpc) is 2.89. The van der Waals surface area contributed by atoms with Crippen LogP contribution < -0.4 is 4.18 Å². The van der Waals surface area contributed by atoms with Crippen LogP contribution >= 0.6 is 12.0 Å². The summed E-state index contributed by atoms with van der Waals surface area (Å²) in [6.07, 6.45) is -2.71. The first-order valence-corrected chi connectivity index (χ1v) is 7.96. The van der Waals surface area contributed by atoms with Crippen LogP contribution in [-0.2, 0) is 12.7 Å². The van der Waals surface area contributed by atoms with Crippen LogP contribution in [0.1, 0.15) is 11.4 Å². The Bertz CT molecular complexity index is 812. The third-order valence-electron chi connectivity index (χ3n) is 3.35. The number of hydrogen-bond acceptors (Lipinski definition) is 3. The van der Waals surface area contributed by atoms with Crippen LogP contribution in [0.15, 0.2) is 48.5 Å². The number of nitrogens with zero attached hydrogens (tertiary/aromatic N) is 2. The Labute approximate surface area is 135 Å². The quantitative estimate of drug-likeness (QED) is 0.642. The zero-order chi connectivity index (χ0) is 16.4. The number of hydrogen-bond donors (Lipinski definition) is 0. The van der Waals surface area contributed by atoms with Crippen molar-refractivity contribution in [2.75, 3.05) is 6.26 Å². The summed E-state index contributed by atoms with van der Waals surface area (Å²) < 4.78 is 46.2. The lowest BCUT2D eigenvalue weighted by Crippen LogP contribution is -2.15. The second-order valence-electron chi connectivity index (χ2n) is 4.90. The number of rotatable bonds is 4. The SMILES string of the molecule is CSOc1ccc(Cn2c(C(F)(F)F)nc3ccccc32)cc1. The average molecular weight is 338 g/mol. The Hall–Kier alpha value is -2.15. The van der Waals surface area contributed by atoms with Crippen LogP contribution in [0, 0.1) is 0 Å². The zero-order valence-electron chi connectivity index (χ0n) is 12.2. The summed E-state index contributed by atoms with van der Waals surface area (Å²) >= 11 is 1.21. The summed E-state index contributed by atoms with van der Waals surface area (Å²) in [4.78, 5) is 3.74. The molecule has 0 aliphatic heterocycles. The lowest BCUT2D eigenvalue weighted by atomic mass is 10.2. The van der Waals surface area contributed by atoms with Crippen LogP contribution in [0.3, 0.4) is 0 Å². The van der Waals surface area contributed by atoms with E-state index in [2.05, 4.69) is 4.98 Å². The van der Waals surface area contributed by atoms with E-state index in [9.17, 15) is 13.2 Å². The fourth-order valence-electron chi connectivity index (χ4n) is 2.38. The fraction of sp³-hybridized carbons (Fsp3) is 0.188. The van der Waals surface area contributed by atoms with Crippen molar-refractivity contribution in [2.45, 2.75) is 12.7 Å². The smallest absolute Gasteiger partial charge is 0.426 e. The maximum absolute atomic E-state index is 13.2. The van der Waals surface area contributed by atoms with Gasteiger partial charge in [0.2, 0.25) is 5.82 Å². The van der Waals surface area contributed by atoms with Crippen molar-refractivity contribution in [3.8, 4) is 5.75 Å². The molecule has 0 saturated heterocycles. The molecule has 120 valence electrons. The van der Waals surface area contributed by atoms with Gasteiger partial charge in [0.05, 0.1) is 23.1 Å². The highest BCUT2D eigenvalue weighted by Crippen LogP contribution is 2.32. The highest BCUT2D eigenvalue weighted by molar-refractivity contribution is 7.94. The second-order valence-corrected chi connectivity index (χ2v) is 5.40. The van der Waals surface area contributed by atoms with Crippen molar-refractivity contribution in [3.63, 3.8) is 0 Å². The van der Waals surface area contributed by atoms with E-state index in [1.165, 1.54) is 16.6 Å². The summed E-state index contributed by atoms with van der Waals surface area (Å²) in [5, 5.41) is 0. The standard InChI is InChI=1S/C16H13F3N2OS/c1-23-22-12-8-6-11(7-9-12)10-21-14-5-3-2-4-13(14)20-15(21)16(17,18)19/h2-9H,10H2,1H3. The lowest BCUT2D eigenvalue weighted by Gasteiger charge is -2.12. The molecule has 1 aromatic heterocycles. The number of para-hydroxylation sites is 2. The summed E-state index contributed by atoms with van der Waals surface area (Å²) in [7, 11) is 0. The third-order valence-corrected chi connectivity index (χ3v) is 3.71. The molecule has 1 heterocycles. The van der Waals surface area contributed by atoms with Gasteiger partial charge in [-0.15, -0.1) is 0 Å². The number of alkyl halides is 3. The summed E-state index contributed by atoms with van der Waals surface area (Å²) in [5.41, 5.74) is 1.54. The summed E-state index contributed by atoms with van der Waals surface area (Å²) in [5.74, 6) is -0.226. The highest BCUT2D eigenvalue weighted by Gasteiger charge is 2.37. The molecule has 0 bridgehead atoms. The molecule has 23 heavy (non-hydrogen) atoms. The fourth-order valence-corrected chi connectivity index (χ4v) is 2.68. The largest absolute Gasteiger partial charge is 0.449 e. The van der Waals surface area contributed by atoms with Crippen molar-refractivity contribution in [1.29, 1.82) is 0 Å². The summed E-state index contributed by atoms with van der Waals surface area (Å²) in [6, 6.07) is 13.6. The Morgan fingerprint density at radius 2 is 1.78 bits per heavy atom. The summed E-state index contributed by atoms with van der Waals surface area (Å²) in [6.45, 7) is 0.0922. The van der Waals surface area contributed by atoms with E-state index in [4.69, 9.17) is 4.18 Å². The first-order chi connectivity index (χ1) is 11.0. The van der Waals surface area contributed by atoms with Gasteiger partial charge < -0.3 is 8.75 Å². The van der Waals surface area contributed by atoms with Gasteiger partial charge in [0, 0.05) is 12.8 Å². The molecule has 2 aromatic carbocycles. The number of halogens is 3. The molecule has 0 N–H and O–H groups in total. The predicted molar refractivity (Wildman–Crippen MR) is 84.4 cm³/mol. The monoisotopic (exact) mass is 338 g/mol. The maximum Gasteiger partial charge on any atom is 0.449 e. The predicted octanol–water partition coefficient (Wildman–Crippen LogP) is 4.76. The number of benzene rings is 2. The topological polar surface area (TPSA) is 27.1 Å². The van der Waals surface area contributed by atoms with Gasteiger partial charge >= 0.3 is 6.18 Å². The highest BCUT2D eigenvalue weighted by atomic mass is 32.2. The molecule has 0 spiro atoms. The Balaban J connectivity index is 2.01. The molecular weight excluding hydrogens is 325 g/mol. The Kier molecular flexibility index (Phi) is 4.21. The normalized spacial score (nSPS) is 11.8. The molecule has 3 aromatic rings. The molecule has 0 atom stereocenters. The van der Waals surface area contributed by atoms with Crippen molar-refractivity contribution in [1.82, 2.24) is 9.55 Å². The van der Waals surface area contributed by atoms with Crippen molar-refractivity contribution in [2.24, 2.45) is 0 Å². The molecule has 3 rings (SSSR count). The van der Waals surface area contributed by atoms with Crippen LogP contribution in [0.25, 0.3) is 11.0 Å². The molecule has 0 amide bonds. The van der Waals surface area contributed by atoms with Gasteiger partial charge in [0.1, 0.15) is 5.75 Å². The van der Waals surface area contributed by atoms with Crippen LogP contribution in [0.5, 0.6) is 5.75 Å². The third kappa shape index (κ3) is 3.29. The molecule has 7 heteroatoms. The van der Waals surface area contributed by atoms with Crippen LogP contribution in [0.2, 0.25) is 0 Å². The molecule has 0 radical (unpaired) electrons. The minimum Gasteiger partial charge on any atom is -0.426 e. The first-order valence-electron chi connectivity index (χ1n) is 6.81. The molecule has 0 saturated carbocycles. The van der Waals surface area contributed by atoms with Crippen molar-refractivity contribution >= 4 is 23.1 Å². The van der Waals surface area contributed by atoms with E-state index in [1.54, 1.807) is 54.8 Å². The van der Waals surface area contributed by atoms with Crippen molar-refractivity contribution in [3.05, 3.63) is 59.9 Å². The molecule has 0 aliphatic carbocycles. The minimum atomic E-state index is -4.50. The van der Waals surface area contributed by atoms with Crippen LogP contribution in [-0.4, -0.2) is 15.8 Å². The number of aromatic nitrogens is 2. The van der Waals surface area contributed by atoms with E-state index in [-0.39, 0.29) is 6.54 Å². The van der Waals surface area contributed by atoms with E-state index < -0.39 is 12.0 Å². The van der Waals surface area contributed by atoms with Gasteiger partial charge in [-0.1, -0.05) is 24.3 Å². The molecule has 0 unspecified atom stereocenters. The number of imidazole rings is 1. The van der Waals surface area contributed by atoms with E-state index in [0.717, 1.165) is 5.56 Å². The van der Waals surface area contributed by atoms with E-state index >= 15 is 0 Å². The Morgan fingerprint density at radius 1 is 1.09 bits per heavy atom. The van der Waals surface area contributed by atoms with E-state index in [0.29, 0.717) is 16.8 Å². The molecular formula is C16H13F3N2OS. The van der Waals surface area contributed by atoms with E-state index in [1.807, 2.05) is 0 Å². The Morgan fingerprint density at radius 3 is 2.43 bits per heavy atom. The second kappa shape index (κ2) is 6.16. The first kappa shape index (κ1) is 15.7. The van der Waals surface area contributed by atoms with Crippen molar-refractivity contribution < 1.29 is 17.4 Å². The zero-order valence-corrected chi connectivity index (χ0v) is 13.0. The van der Waals surface area contributed by atoms with Gasteiger partial charge in [0.15, 0.2) is 0 Å². The number of fused-ring (bicyclic) bond motifs is 1. The van der Waals surface area contributed by atoms with Crippen LogP contribution in [0.4, 0.5) is 13.2 Å². The lowest BCUT2D eigenvalue weighted by molar-refractivity contribution is -0.146. The van der Waals surface area contributed by atoms with Gasteiger partial charge in [-0.3, -0.25) is 0 Å². The molecule has 0 aliphatic rings. The van der Waals surface area contributed by atoms with Gasteiger partial charge in [-0.05, 0) is 29.8 Å². The molecule has 0 fully saturated rings. The minimum absolute atomic E-state index is 0.0922.